The summed E-state index contributed by atoms with van der Waals surface area (Å²) in [5.74, 6) is 0.262. The maximum Gasteiger partial charge on any atom is 0.129 e. The van der Waals surface area contributed by atoms with Gasteiger partial charge in [0.05, 0.1) is 22.1 Å². The topological polar surface area (TPSA) is 46.0 Å². The predicted molar refractivity (Wildman–Crippen MR) is 71.8 cm³/mol. The molecule has 88 valence electrons. The van der Waals surface area contributed by atoms with Gasteiger partial charge >= 0.3 is 0 Å². The normalized spacial score (nSPS) is 10.7. The third-order valence-corrected chi connectivity index (χ3v) is 3.48. The Bertz CT molecular complexity index is 700. The molecular weight excluding hydrogens is 244 g/mol. The Morgan fingerprint density at radius 1 is 0.889 bits per heavy atom. The Kier molecular flexibility index (Phi) is 2.86. The molecule has 3 aromatic rings. The molecule has 3 rings (SSSR count). The number of aromatic nitrogens is 2. The average molecular weight is 254 g/mol. The van der Waals surface area contributed by atoms with Crippen molar-refractivity contribution in [2.24, 2.45) is 0 Å². The van der Waals surface area contributed by atoms with Crippen LogP contribution in [0.4, 0.5) is 0 Å². The van der Waals surface area contributed by atoms with Crippen molar-refractivity contribution < 1.29 is 5.11 Å². The number of rotatable bonds is 2. The number of hydrogen-bond acceptors (Lipinski definition) is 4. The summed E-state index contributed by atoms with van der Waals surface area (Å²) in [6.07, 6.45) is 1.72. The summed E-state index contributed by atoms with van der Waals surface area (Å²) >= 11 is 1.41. The van der Waals surface area contributed by atoms with Gasteiger partial charge in [0.25, 0.3) is 0 Å². The zero-order valence-electron chi connectivity index (χ0n) is 9.45. The zero-order valence-corrected chi connectivity index (χ0v) is 10.3. The van der Waals surface area contributed by atoms with Gasteiger partial charge in [0.2, 0.25) is 0 Å². The maximum absolute atomic E-state index is 9.72. The molecule has 0 aliphatic heterocycles. The first-order chi connectivity index (χ1) is 8.83. The molecule has 0 unspecified atom stereocenters. The molecule has 1 aromatic heterocycles. The van der Waals surface area contributed by atoms with E-state index in [4.69, 9.17) is 0 Å². The largest absolute Gasteiger partial charge is 0.507 e. The number of aromatic hydroxyl groups is 1. The summed E-state index contributed by atoms with van der Waals surface area (Å²) < 4.78 is 0. The highest BCUT2D eigenvalue weighted by atomic mass is 32.2. The minimum absolute atomic E-state index is 0.262. The van der Waals surface area contributed by atoms with Crippen LogP contribution < -0.4 is 0 Å². The monoisotopic (exact) mass is 254 g/mol. The molecule has 1 heterocycles. The minimum atomic E-state index is 0.262. The van der Waals surface area contributed by atoms with Crippen molar-refractivity contribution in [1.82, 2.24) is 9.97 Å². The highest BCUT2D eigenvalue weighted by Crippen LogP contribution is 2.32. The molecule has 0 saturated carbocycles. The minimum Gasteiger partial charge on any atom is -0.507 e. The molecule has 4 heteroatoms. The van der Waals surface area contributed by atoms with Crippen LogP contribution in [0.1, 0.15) is 0 Å². The fraction of sp³-hybridized carbons (Fsp3) is 0. The summed E-state index contributed by atoms with van der Waals surface area (Å²) in [6, 6.07) is 14.9. The van der Waals surface area contributed by atoms with Gasteiger partial charge in [0.15, 0.2) is 0 Å². The van der Waals surface area contributed by atoms with E-state index < -0.39 is 0 Å². The summed E-state index contributed by atoms with van der Waals surface area (Å²) in [4.78, 5) is 9.62. The van der Waals surface area contributed by atoms with Gasteiger partial charge in [-0.3, -0.25) is 4.98 Å². The first-order valence-electron chi connectivity index (χ1n) is 5.50. The highest BCUT2D eigenvalue weighted by Gasteiger charge is 2.05. The number of benzene rings is 2. The number of phenolic OH excluding ortho intramolecular Hbond substituents is 1. The van der Waals surface area contributed by atoms with Crippen LogP contribution in [0.5, 0.6) is 5.75 Å². The van der Waals surface area contributed by atoms with Crippen LogP contribution in [-0.4, -0.2) is 15.1 Å². The lowest BCUT2D eigenvalue weighted by Crippen LogP contribution is -1.86. The summed E-state index contributed by atoms with van der Waals surface area (Å²) in [5.41, 5.74) is 1.73. The predicted octanol–water partition coefficient (Wildman–Crippen LogP) is 3.49. The Morgan fingerprint density at radius 3 is 2.44 bits per heavy atom. The quantitative estimate of drug-likeness (QED) is 0.760. The standard InChI is InChI=1S/C14H10N2OS/c17-12-7-3-4-8-13(12)18-14-9-15-10-5-1-2-6-11(10)16-14/h1-9,17H. The Labute approximate surface area is 109 Å². The third-order valence-electron chi connectivity index (χ3n) is 2.51. The fourth-order valence-corrected chi connectivity index (χ4v) is 2.44. The molecule has 0 saturated heterocycles. The summed E-state index contributed by atoms with van der Waals surface area (Å²) in [5, 5.41) is 10.5. The van der Waals surface area contributed by atoms with Crippen molar-refractivity contribution in [3.63, 3.8) is 0 Å². The highest BCUT2D eigenvalue weighted by molar-refractivity contribution is 7.99. The van der Waals surface area contributed by atoms with Gasteiger partial charge < -0.3 is 5.11 Å². The maximum atomic E-state index is 9.72. The van der Waals surface area contributed by atoms with E-state index in [0.29, 0.717) is 0 Å². The van der Waals surface area contributed by atoms with Crippen LogP contribution in [0.15, 0.2) is 64.6 Å². The Morgan fingerprint density at radius 2 is 1.61 bits per heavy atom. The van der Waals surface area contributed by atoms with Crippen LogP contribution in [0, 0.1) is 0 Å². The van der Waals surface area contributed by atoms with Gasteiger partial charge in [-0.2, -0.15) is 0 Å². The molecule has 0 fully saturated rings. The Balaban J connectivity index is 1.98. The van der Waals surface area contributed by atoms with Crippen molar-refractivity contribution in [2.45, 2.75) is 9.92 Å². The molecule has 3 nitrogen and oxygen atoms in total. The smallest absolute Gasteiger partial charge is 0.129 e. The average Bonchev–Trinajstić information content (AvgIpc) is 2.41. The van der Waals surface area contributed by atoms with Crippen molar-refractivity contribution in [2.75, 3.05) is 0 Å². The molecule has 0 spiro atoms. The van der Waals surface area contributed by atoms with Crippen molar-refractivity contribution in [3.05, 3.63) is 54.7 Å². The van der Waals surface area contributed by atoms with E-state index in [1.807, 2.05) is 36.4 Å². The van der Waals surface area contributed by atoms with E-state index in [9.17, 15) is 5.11 Å². The SMILES string of the molecule is Oc1ccccc1Sc1cnc2ccccc2n1. The molecule has 0 aliphatic rings. The first-order valence-corrected chi connectivity index (χ1v) is 6.32. The van der Waals surface area contributed by atoms with Crippen LogP contribution in [0.3, 0.4) is 0 Å². The fourth-order valence-electron chi connectivity index (χ4n) is 1.65. The molecular formula is C14H10N2OS. The number of phenols is 1. The molecule has 0 radical (unpaired) electrons. The van der Waals surface area contributed by atoms with Gasteiger partial charge in [0, 0.05) is 0 Å². The second kappa shape index (κ2) is 4.66. The van der Waals surface area contributed by atoms with Gasteiger partial charge in [-0.1, -0.05) is 36.0 Å². The van der Waals surface area contributed by atoms with E-state index in [0.717, 1.165) is 21.0 Å². The van der Waals surface area contributed by atoms with Crippen molar-refractivity contribution in [1.29, 1.82) is 0 Å². The van der Waals surface area contributed by atoms with Crippen LogP contribution in [0.2, 0.25) is 0 Å². The second-order valence-electron chi connectivity index (χ2n) is 3.77. The van der Waals surface area contributed by atoms with E-state index >= 15 is 0 Å². The number of para-hydroxylation sites is 3. The van der Waals surface area contributed by atoms with Crippen LogP contribution >= 0.6 is 11.8 Å². The van der Waals surface area contributed by atoms with Gasteiger partial charge in [-0.05, 0) is 24.3 Å². The number of fused-ring (bicyclic) bond motifs is 1. The van der Waals surface area contributed by atoms with Gasteiger partial charge in [0.1, 0.15) is 10.8 Å². The number of hydrogen-bond donors (Lipinski definition) is 1. The summed E-state index contributed by atoms with van der Waals surface area (Å²) in [6.45, 7) is 0. The molecule has 2 aromatic carbocycles. The van der Waals surface area contributed by atoms with E-state index in [2.05, 4.69) is 9.97 Å². The van der Waals surface area contributed by atoms with E-state index in [1.165, 1.54) is 11.8 Å². The lowest BCUT2D eigenvalue weighted by Gasteiger charge is -2.03. The van der Waals surface area contributed by atoms with E-state index in [-0.39, 0.29) is 5.75 Å². The zero-order chi connectivity index (χ0) is 12.4. The molecule has 0 aliphatic carbocycles. The first kappa shape index (κ1) is 11.0. The Hall–Kier alpha value is -2.07. The molecule has 18 heavy (non-hydrogen) atoms. The lowest BCUT2D eigenvalue weighted by atomic mass is 10.3. The van der Waals surface area contributed by atoms with Crippen LogP contribution in [0.25, 0.3) is 11.0 Å². The molecule has 0 bridgehead atoms. The van der Waals surface area contributed by atoms with Crippen molar-refractivity contribution >= 4 is 22.8 Å². The number of nitrogens with zero attached hydrogens (tertiary/aromatic N) is 2. The van der Waals surface area contributed by atoms with Crippen LogP contribution in [-0.2, 0) is 0 Å². The van der Waals surface area contributed by atoms with Gasteiger partial charge in [-0.15, -0.1) is 0 Å². The lowest BCUT2D eigenvalue weighted by molar-refractivity contribution is 0.462. The third kappa shape index (κ3) is 2.15. The molecule has 1 N–H and O–H groups in total. The van der Waals surface area contributed by atoms with E-state index in [1.54, 1.807) is 18.3 Å². The van der Waals surface area contributed by atoms with Crippen molar-refractivity contribution in [3.8, 4) is 5.75 Å². The molecule has 0 atom stereocenters. The second-order valence-corrected chi connectivity index (χ2v) is 4.83. The van der Waals surface area contributed by atoms with Gasteiger partial charge in [-0.25, -0.2) is 4.98 Å². The summed E-state index contributed by atoms with van der Waals surface area (Å²) in [7, 11) is 0. The molecule has 0 amide bonds.